The fourth-order valence-corrected chi connectivity index (χ4v) is 2.74. The number of aromatic nitrogens is 4. The molecule has 1 N–H and O–H groups in total. The number of amides is 1. The lowest BCUT2D eigenvalue weighted by Gasteiger charge is -2.07. The third-order valence-corrected chi connectivity index (χ3v) is 3.98. The quantitative estimate of drug-likeness (QED) is 0.663. The van der Waals surface area contributed by atoms with Crippen molar-refractivity contribution in [1.82, 2.24) is 24.3 Å². The molecule has 138 valence electrons. The van der Waals surface area contributed by atoms with Crippen LogP contribution in [0.2, 0.25) is 5.02 Å². The molecule has 3 heterocycles. The molecule has 0 unspecified atom stereocenters. The van der Waals surface area contributed by atoms with Gasteiger partial charge in [-0.05, 0) is 12.5 Å². The third kappa shape index (κ3) is 4.34. The summed E-state index contributed by atoms with van der Waals surface area (Å²) < 4.78 is 41.6. The first kappa shape index (κ1) is 18.2. The number of halogens is 4. The zero-order chi connectivity index (χ0) is 18.7. The summed E-state index contributed by atoms with van der Waals surface area (Å²) in [5, 5.41) is 2.63. The number of aryl methyl sites for hydroxylation is 1. The molecule has 6 nitrogen and oxygen atoms in total. The highest BCUT2D eigenvalue weighted by atomic mass is 35.5. The number of alkyl halides is 3. The molecule has 0 bridgehead atoms. The molecule has 0 aliphatic heterocycles. The molecule has 1 amide bonds. The molecule has 0 fully saturated rings. The van der Waals surface area contributed by atoms with Crippen LogP contribution < -0.4 is 5.32 Å². The second kappa shape index (κ2) is 7.36. The second-order valence-electron chi connectivity index (χ2n) is 5.72. The first-order valence-corrected chi connectivity index (χ1v) is 8.17. The highest BCUT2D eigenvalue weighted by Gasteiger charge is 2.31. The Morgan fingerprint density at radius 1 is 1.31 bits per heavy atom. The van der Waals surface area contributed by atoms with Crippen LogP contribution in [0.5, 0.6) is 0 Å². The van der Waals surface area contributed by atoms with Gasteiger partial charge in [-0.2, -0.15) is 13.2 Å². The molecule has 0 aliphatic carbocycles. The third-order valence-electron chi connectivity index (χ3n) is 3.70. The van der Waals surface area contributed by atoms with Gasteiger partial charge in [0.05, 0.1) is 29.0 Å². The van der Waals surface area contributed by atoms with E-state index in [-0.39, 0.29) is 23.0 Å². The van der Waals surface area contributed by atoms with Gasteiger partial charge in [-0.3, -0.25) is 4.79 Å². The standard InChI is InChI=1S/C16H15ClF3N5O/c17-13-6-11(16(18,19)20)8-25-9-12(23-15(13)25)7-14(26)22-2-1-4-24-5-3-21-10-24/h3,5-6,8-10H,1-2,4,7H2,(H,22,26). The lowest BCUT2D eigenvalue weighted by atomic mass is 10.3. The van der Waals surface area contributed by atoms with Crippen LogP contribution in [0, 0.1) is 0 Å². The van der Waals surface area contributed by atoms with Gasteiger partial charge < -0.3 is 14.3 Å². The molecule has 0 aromatic carbocycles. The summed E-state index contributed by atoms with van der Waals surface area (Å²) in [4.78, 5) is 20.0. The number of hydrogen-bond donors (Lipinski definition) is 1. The largest absolute Gasteiger partial charge is 0.417 e. The van der Waals surface area contributed by atoms with E-state index in [2.05, 4.69) is 15.3 Å². The molecule has 3 aromatic rings. The van der Waals surface area contributed by atoms with E-state index < -0.39 is 11.7 Å². The van der Waals surface area contributed by atoms with E-state index in [0.29, 0.717) is 12.2 Å². The second-order valence-corrected chi connectivity index (χ2v) is 6.13. The number of pyridine rings is 1. The predicted octanol–water partition coefficient (Wildman–Crippen LogP) is 2.95. The van der Waals surface area contributed by atoms with E-state index >= 15 is 0 Å². The number of nitrogens with zero attached hydrogens (tertiary/aromatic N) is 4. The molecule has 0 spiro atoms. The minimum absolute atomic E-state index is 0.0373. The van der Waals surface area contributed by atoms with Gasteiger partial charge in [-0.15, -0.1) is 0 Å². The van der Waals surface area contributed by atoms with Gasteiger partial charge in [0.15, 0.2) is 5.65 Å². The average molecular weight is 386 g/mol. The van der Waals surface area contributed by atoms with E-state index in [4.69, 9.17) is 11.6 Å². The van der Waals surface area contributed by atoms with Gasteiger partial charge in [0.2, 0.25) is 5.91 Å². The van der Waals surface area contributed by atoms with Gasteiger partial charge in [-0.25, -0.2) is 9.97 Å². The molecule has 26 heavy (non-hydrogen) atoms. The highest BCUT2D eigenvalue weighted by molar-refractivity contribution is 6.33. The summed E-state index contributed by atoms with van der Waals surface area (Å²) in [5.41, 5.74) is -0.344. The maximum absolute atomic E-state index is 12.8. The summed E-state index contributed by atoms with van der Waals surface area (Å²) in [6.07, 6.45) is 3.67. The first-order valence-electron chi connectivity index (χ1n) is 7.79. The van der Waals surface area contributed by atoms with Gasteiger partial charge in [0, 0.05) is 37.9 Å². The van der Waals surface area contributed by atoms with Crippen molar-refractivity contribution < 1.29 is 18.0 Å². The Morgan fingerprint density at radius 3 is 2.81 bits per heavy atom. The van der Waals surface area contributed by atoms with Gasteiger partial charge in [0.1, 0.15) is 0 Å². The number of carbonyl (C=O) groups is 1. The van der Waals surface area contributed by atoms with Crippen LogP contribution >= 0.6 is 11.6 Å². The Hall–Kier alpha value is -2.55. The van der Waals surface area contributed by atoms with Crippen molar-refractivity contribution >= 4 is 23.2 Å². The van der Waals surface area contributed by atoms with Crippen LogP contribution in [-0.4, -0.2) is 31.4 Å². The molecule has 0 saturated carbocycles. The monoisotopic (exact) mass is 385 g/mol. The minimum atomic E-state index is -4.51. The van der Waals surface area contributed by atoms with Crippen LogP contribution in [0.15, 0.2) is 37.2 Å². The minimum Gasteiger partial charge on any atom is -0.356 e. The van der Waals surface area contributed by atoms with Crippen molar-refractivity contribution in [2.75, 3.05) is 6.54 Å². The number of hydrogen-bond acceptors (Lipinski definition) is 3. The summed E-state index contributed by atoms with van der Waals surface area (Å²) in [6, 6.07) is 0.823. The fourth-order valence-electron chi connectivity index (χ4n) is 2.48. The molecule has 3 aromatic heterocycles. The van der Waals surface area contributed by atoms with Crippen molar-refractivity contribution in [3.05, 3.63) is 53.5 Å². The predicted molar refractivity (Wildman–Crippen MR) is 88.8 cm³/mol. The topological polar surface area (TPSA) is 64.2 Å². The maximum atomic E-state index is 12.8. The highest BCUT2D eigenvalue weighted by Crippen LogP contribution is 2.32. The Morgan fingerprint density at radius 2 is 2.12 bits per heavy atom. The van der Waals surface area contributed by atoms with Crippen molar-refractivity contribution in [3.8, 4) is 0 Å². The summed E-state index contributed by atoms with van der Waals surface area (Å²) in [7, 11) is 0. The summed E-state index contributed by atoms with van der Waals surface area (Å²) >= 11 is 5.88. The summed E-state index contributed by atoms with van der Waals surface area (Å²) in [5.74, 6) is -0.258. The van der Waals surface area contributed by atoms with Crippen LogP contribution in [-0.2, 0) is 23.9 Å². The van der Waals surface area contributed by atoms with E-state index in [1.165, 1.54) is 10.6 Å². The molecule has 0 atom stereocenters. The lowest BCUT2D eigenvalue weighted by molar-refractivity contribution is -0.137. The molecular weight excluding hydrogens is 371 g/mol. The summed E-state index contributed by atoms with van der Waals surface area (Å²) in [6.45, 7) is 1.20. The number of fused-ring (bicyclic) bond motifs is 1. The molecule has 0 radical (unpaired) electrons. The molecule has 3 rings (SSSR count). The molecule has 0 saturated heterocycles. The number of carbonyl (C=O) groups excluding carboxylic acids is 1. The first-order chi connectivity index (χ1) is 12.3. The van der Waals surface area contributed by atoms with Crippen LogP contribution in [0.1, 0.15) is 17.7 Å². The smallest absolute Gasteiger partial charge is 0.356 e. The lowest BCUT2D eigenvalue weighted by Crippen LogP contribution is -2.26. The van der Waals surface area contributed by atoms with Crippen LogP contribution in [0.4, 0.5) is 13.2 Å². The van der Waals surface area contributed by atoms with Gasteiger partial charge >= 0.3 is 6.18 Å². The SMILES string of the molecule is O=C(Cc1cn2cc(C(F)(F)F)cc(Cl)c2n1)NCCCn1ccnc1. The Bertz CT molecular complexity index is 905. The van der Waals surface area contributed by atoms with Crippen LogP contribution in [0.3, 0.4) is 0 Å². The maximum Gasteiger partial charge on any atom is 0.417 e. The molecule has 10 heteroatoms. The van der Waals surface area contributed by atoms with Crippen molar-refractivity contribution in [2.45, 2.75) is 25.6 Å². The molecular formula is C16H15ClF3N5O. The number of rotatable bonds is 6. The Kier molecular flexibility index (Phi) is 5.17. The van der Waals surface area contributed by atoms with E-state index in [1.54, 1.807) is 12.5 Å². The van der Waals surface area contributed by atoms with Gasteiger partial charge in [0.25, 0.3) is 0 Å². The average Bonchev–Trinajstić information content (AvgIpc) is 3.20. The van der Waals surface area contributed by atoms with E-state index in [0.717, 1.165) is 25.2 Å². The number of imidazole rings is 2. The van der Waals surface area contributed by atoms with Crippen molar-refractivity contribution in [3.63, 3.8) is 0 Å². The normalized spacial score (nSPS) is 11.8. The number of nitrogens with one attached hydrogen (secondary N) is 1. The Balaban J connectivity index is 1.59. The van der Waals surface area contributed by atoms with E-state index in [9.17, 15) is 18.0 Å². The van der Waals surface area contributed by atoms with Crippen molar-refractivity contribution in [1.29, 1.82) is 0 Å². The molecule has 0 aliphatic rings. The fraction of sp³-hybridized carbons (Fsp3) is 0.312. The zero-order valence-corrected chi connectivity index (χ0v) is 14.3. The van der Waals surface area contributed by atoms with E-state index in [1.807, 2.05) is 10.8 Å². The van der Waals surface area contributed by atoms with Crippen molar-refractivity contribution in [2.24, 2.45) is 0 Å². The zero-order valence-electron chi connectivity index (χ0n) is 13.5. The van der Waals surface area contributed by atoms with Gasteiger partial charge in [-0.1, -0.05) is 11.6 Å². The van der Waals surface area contributed by atoms with Crippen LogP contribution in [0.25, 0.3) is 5.65 Å². The Labute approximate surface area is 151 Å².